The summed E-state index contributed by atoms with van der Waals surface area (Å²) in [5.41, 5.74) is 0.952. The first-order chi connectivity index (χ1) is 16.2. The third kappa shape index (κ3) is 6.15. The van der Waals surface area contributed by atoms with Crippen molar-refractivity contribution < 1.29 is 22.7 Å². The van der Waals surface area contributed by atoms with Gasteiger partial charge >= 0.3 is 0 Å². The van der Waals surface area contributed by atoms with E-state index in [0.717, 1.165) is 4.88 Å². The van der Waals surface area contributed by atoms with E-state index in [1.54, 1.807) is 50.2 Å². The van der Waals surface area contributed by atoms with Crippen LogP contribution in [-0.2, 0) is 21.4 Å². The van der Waals surface area contributed by atoms with Crippen molar-refractivity contribution in [2.75, 3.05) is 24.9 Å². The van der Waals surface area contributed by atoms with Crippen LogP contribution in [0.3, 0.4) is 0 Å². The van der Waals surface area contributed by atoms with Gasteiger partial charge in [-0.3, -0.25) is 14.3 Å². The Morgan fingerprint density at radius 3 is 2.53 bits per heavy atom. The molecule has 8 nitrogen and oxygen atoms in total. The Morgan fingerprint density at radius 1 is 1.09 bits per heavy atom. The Bertz CT molecular complexity index is 1260. The molecule has 0 bridgehead atoms. The number of hydrogen-bond donors (Lipinski definition) is 2. The average molecular weight is 502 g/mol. The second kappa shape index (κ2) is 11.2. The van der Waals surface area contributed by atoms with Crippen molar-refractivity contribution in [1.82, 2.24) is 10.2 Å². The topological polar surface area (TPSA) is 105 Å². The maximum atomic E-state index is 13.1. The zero-order valence-corrected chi connectivity index (χ0v) is 20.8. The van der Waals surface area contributed by atoms with Crippen molar-refractivity contribution in [2.45, 2.75) is 25.3 Å². The minimum atomic E-state index is -4.00. The SMILES string of the molecule is CCN(CC(=O)NCc1cccs1)C(=O)c1ccc(C)c(S(=O)(=O)Nc2ccccc2OC)c1. The van der Waals surface area contributed by atoms with Crippen molar-refractivity contribution >= 4 is 38.9 Å². The second-order valence-electron chi connectivity index (χ2n) is 7.46. The van der Waals surface area contributed by atoms with Crippen LogP contribution in [0.5, 0.6) is 5.75 Å². The van der Waals surface area contributed by atoms with Crippen LogP contribution in [-0.4, -0.2) is 45.3 Å². The fourth-order valence-corrected chi connectivity index (χ4v) is 5.28. The highest BCUT2D eigenvalue weighted by Crippen LogP contribution is 2.27. The van der Waals surface area contributed by atoms with Gasteiger partial charge in [0.25, 0.3) is 15.9 Å². The van der Waals surface area contributed by atoms with Crippen molar-refractivity contribution in [3.8, 4) is 5.75 Å². The number of para-hydroxylation sites is 2. The number of nitrogens with zero attached hydrogens (tertiary/aromatic N) is 1. The van der Waals surface area contributed by atoms with Gasteiger partial charge in [-0.2, -0.15) is 0 Å². The van der Waals surface area contributed by atoms with E-state index in [9.17, 15) is 18.0 Å². The van der Waals surface area contributed by atoms with Crippen LogP contribution in [0.15, 0.2) is 64.9 Å². The summed E-state index contributed by atoms with van der Waals surface area (Å²) < 4.78 is 34.0. The number of ether oxygens (including phenoxy) is 1. The molecule has 0 atom stereocenters. The summed E-state index contributed by atoms with van der Waals surface area (Å²) in [4.78, 5) is 27.8. The maximum Gasteiger partial charge on any atom is 0.262 e. The lowest BCUT2D eigenvalue weighted by Crippen LogP contribution is -2.40. The molecule has 2 aromatic carbocycles. The van der Waals surface area contributed by atoms with Crippen molar-refractivity contribution in [1.29, 1.82) is 0 Å². The number of thiophene rings is 1. The highest BCUT2D eigenvalue weighted by molar-refractivity contribution is 7.92. The molecule has 34 heavy (non-hydrogen) atoms. The zero-order valence-electron chi connectivity index (χ0n) is 19.2. The number of benzene rings is 2. The Morgan fingerprint density at radius 2 is 1.85 bits per heavy atom. The number of sulfonamides is 1. The van der Waals surface area contributed by atoms with Gasteiger partial charge in [0.15, 0.2) is 0 Å². The molecule has 1 heterocycles. The zero-order chi connectivity index (χ0) is 24.7. The van der Waals surface area contributed by atoms with Crippen molar-refractivity contribution in [3.63, 3.8) is 0 Å². The summed E-state index contributed by atoms with van der Waals surface area (Å²) in [5.74, 6) is -0.342. The molecule has 1 aromatic heterocycles. The number of anilines is 1. The number of likely N-dealkylation sites (N-methyl/N-ethyl adjacent to an activating group) is 1. The van der Waals surface area contributed by atoms with Gasteiger partial charge in [-0.15, -0.1) is 11.3 Å². The predicted molar refractivity (Wildman–Crippen MR) is 133 cm³/mol. The Labute approximate surface area is 203 Å². The van der Waals surface area contributed by atoms with E-state index in [1.165, 1.54) is 29.4 Å². The molecule has 3 aromatic rings. The summed E-state index contributed by atoms with van der Waals surface area (Å²) in [6, 6.07) is 15.0. The summed E-state index contributed by atoms with van der Waals surface area (Å²) in [6.07, 6.45) is 0. The van der Waals surface area contributed by atoms with Crippen LogP contribution in [0.4, 0.5) is 5.69 Å². The highest BCUT2D eigenvalue weighted by atomic mass is 32.2. The first kappa shape index (κ1) is 25.3. The fraction of sp³-hybridized carbons (Fsp3) is 0.250. The molecular weight excluding hydrogens is 474 g/mol. The van der Waals surface area contributed by atoms with E-state index < -0.39 is 15.9 Å². The molecule has 0 radical (unpaired) electrons. The van der Waals surface area contributed by atoms with Gasteiger partial charge in [-0.1, -0.05) is 24.3 Å². The normalized spacial score (nSPS) is 11.0. The van der Waals surface area contributed by atoms with Gasteiger partial charge in [-0.05, 0) is 55.1 Å². The number of rotatable bonds is 10. The molecule has 0 aliphatic heterocycles. The molecule has 0 spiro atoms. The summed E-state index contributed by atoms with van der Waals surface area (Å²) in [6.45, 7) is 3.97. The molecule has 0 unspecified atom stereocenters. The molecule has 2 amide bonds. The molecule has 180 valence electrons. The molecule has 3 rings (SSSR count). The molecule has 0 saturated carbocycles. The Balaban J connectivity index is 1.77. The second-order valence-corrected chi connectivity index (χ2v) is 10.1. The lowest BCUT2D eigenvalue weighted by atomic mass is 10.1. The lowest BCUT2D eigenvalue weighted by molar-refractivity contribution is -0.121. The monoisotopic (exact) mass is 501 g/mol. The van der Waals surface area contributed by atoms with Gasteiger partial charge in [0.1, 0.15) is 5.75 Å². The van der Waals surface area contributed by atoms with E-state index in [-0.39, 0.29) is 22.9 Å². The van der Waals surface area contributed by atoms with Crippen LogP contribution in [0.1, 0.15) is 27.7 Å². The summed E-state index contributed by atoms with van der Waals surface area (Å²) >= 11 is 1.53. The fourth-order valence-electron chi connectivity index (χ4n) is 3.29. The summed E-state index contributed by atoms with van der Waals surface area (Å²) in [5, 5.41) is 4.72. The van der Waals surface area contributed by atoms with E-state index >= 15 is 0 Å². The van der Waals surface area contributed by atoms with Crippen LogP contribution >= 0.6 is 11.3 Å². The largest absolute Gasteiger partial charge is 0.495 e. The molecule has 2 N–H and O–H groups in total. The third-order valence-electron chi connectivity index (χ3n) is 5.12. The van der Waals surface area contributed by atoms with E-state index in [4.69, 9.17) is 4.74 Å². The quantitative estimate of drug-likeness (QED) is 0.441. The molecule has 0 aliphatic carbocycles. The molecular formula is C24H27N3O5S2. The predicted octanol–water partition coefficient (Wildman–Crippen LogP) is 3.64. The number of aryl methyl sites for hydroxylation is 1. The average Bonchev–Trinajstić information content (AvgIpc) is 3.35. The third-order valence-corrected chi connectivity index (χ3v) is 7.50. The first-order valence-electron chi connectivity index (χ1n) is 10.6. The van der Waals surface area contributed by atoms with Gasteiger partial charge in [0.2, 0.25) is 5.91 Å². The van der Waals surface area contributed by atoms with Gasteiger partial charge in [0, 0.05) is 17.0 Å². The number of amides is 2. The molecule has 10 heteroatoms. The molecule has 0 saturated heterocycles. The number of carbonyl (C=O) groups is 2. The van der Waals surface area contributed by atoms with Crippen molar-refractivity contribution in [3.05, 3.63) is 76.0 Å². The summed E-state index contributed by atoms with van der Waals surface area (Å²) in [7, 11) is -2.55. The lowest BCUT2D eigenvalue weighted by Gasteiger charge is -2.21. The van der Waals surface area contributed by atoms with Crippen LogP contribution in [0.25, 0.3) is 0 Å². The molecule has 0 aliphatic rings. The number of hydrogen-bond acceptors (Lipinski definition) is 6. The highest BCUT2D eigenvalue weighted by Gasteiger charge is 2.23. The van der Waals surface area contributed by atoms with Crippen molar-refractivity contribution in [2.24, 2.45) is 0 Å². The van der Waals surface area contributed by atoms with Crippen LogP contribution < -0.4 is 14.8 Å². The smallest absolute Gasteiger partial charge is 0.262 e. The maximum absolute atomic E-state index is 13.1. The Hall–Kier alpha value is -3.37. The van der Waals surface area contributed by atoms with Gasteiger partial charge in [0.05, 0.1) is 30.8 Å². The number of carbonyl (C=O) groups excluding carboxylic acids is 2. The van der Waals surface area contributed by atoms with Crippen LogP contribution in [0, 0.1) is 6.92 Å². The Kier molecular flexibility index (Phi) is 8.30. The van der Waals surface area contributed by atoms with E-state index in [1.807, 2.05) is 17.5 Å². The van der Waals surface area contributed by atoms with Crippen LogP contribution in [0.2, 0.25) is 0 Å². The van der Waals surface area contributed by atoms with E-state index in [0.29, 0.717) is 30.1 Å². The van der Waals surface area contributed by atoms with Gasteiger partial charge < -0.3 is 15.0 Å². The molecule has 0 fully saturated rings. The number of nitrogens with one attached hydrogen (secondary N) is 2. The first-order valence-corrected chi connectivity index (χ1v) is 13.0. The standard InChI is InChI=1S/C24H27N3O5S2/c1-4-27(16-23(28)25-15-19-8-7-13-33-19)24(29)18-12-11-17(2)22(14-18)34(30,31)26-20-9-5-6-10-21(20)32-3/h5-14,26H,4,15-16H2,1-3H3,(H,25,28). The number of methoxy groups -OCH3 is 1. The minimum absolute atomic E-state index is 0.0255. The minimum Gasteiger partial charge on any atom is -0.495 e. The van der Waals surface area contributed by atoms with E-state index in [2.05, 4.69) is 10.0 Å². The van der Waals surface area contributed by atoms with Gasteiger partial charge in [-0.25, -0.2) is 8.42 Å².